The van der Waals surface area contributed by atoms with Gasteiger partial charge in [-0.2, -0.15) is 4.98 Å². The van der Waals surface area contributed by atoms with Crippen LogP contribution in [0.15, 0.2) is 51.5 Å². The molecule has 1 amide bonds. The molecule has 4 rings (SSSR count). The smallest absolute Gasteiger partial charge is 0.241 e. The second kappa shape index (κ2) is 9.10. The van der Waals surface area contributed by atoms with E-state index in [9.17, 15) is 4.79 Å². The molecule has 0 bridgehead atoms. The number of amides is 1. The Balaban J connectivity index is 1.37. The molecule has 0 aliphatic carbocycles. The van der Waals surface area contributed by atoms with Gasteiger partial charge in [0.25, 0.3) is 0 Å². The van der Waals surface area contributed by atoms with Gasteiger partial charge in [0.15, 0.2) is 0 Å². The van der Waals surface area contributed by atoms with E-state index in [-0.39, 0.29) is 11.8 Å². The maximum absolute atomic E-state index is 12.8. The minimum absolute atomic E-state index is 0.0483. The third-order valence-corrected chi connectivity index (χ3v) is 6.05. The Labute approximate surface area is 184 Å². The van der Waals surface area contributed by atoms with Gasteiger partial charge >= 0.3 is 0 Å². The second-order valence-corrected chi connectivity index (χ2v) is 8.80. The fourth-order valence-electron chi connectivity index (χ4n) is 3.73. The van der Waals surface area contributed by atoms with E-state index in [0.717, 1.165) is 35.1 Å². The number of carbonyl (C=O) groups excluding carboxylic acids is 1. The van der Waals surface area contributed by atoms with Crippen molar-refractivity contribution in [3.05, 3.63) is 64.0 Å². The first kappa shape index (κ1) is 20.8. The second-order valence-electron chi connectivity index (χ2n) is 7.88. The van der Waals surface area contributed by atoms with Gasteiger partial charge in [-0.15, -0.1) is 0 Å². The maximum Gasteiger partial charge on any atom is 0.241 e. The Morgan fingerprint density at radius 3 is 2.90 bits per heavy atom. The Bertz CT molecular complexity index is 1050. The number of nitrogens with one attached hydrogen (secondary N) is 1. The monoisotopic (exact) mass is 468 g/mol. The number of likely N-dealkylation sites (tertiary alicyclic amines) is 1. The zero-order valence-electron chi connectivity index (χ0n) is 17.2. The van der Waals surface area contributed by atoms with Gasteiger partial charge in [0.1, 0.15) is 0 Å². The highest BCUT2D eigenvalue weighted by Crippen LogP contribution is 2.23. The lowest BCUT2D eigenvalue weighted by atomic mass is 9.97. The zero-order chi connectivity index (χ0) is 21.1. The van der Waals surface area contributed by atoms with Gasteiger partial charge in [0.2, 0.25) is 17.6 Å². The Hall–Kier alpha value is -2.51. The number of nitrogens with zero attached hydrogens (tertiary/aromatic N) is 3. The highest BCUT2D eigenvalue weighted by atomic mass is 79.9. The maximum atomic E-state index is 12.8. The molecule has 1 N–H and O–H groups in total. The summed E-state index contributed by atoms with van der Waals surface area (Å²) in [5, 5.41) is 7.18. The largest absolute Gasteiger partial charge is 0.338 e. The summed E-state index contributed by atoms with van der Waals surface area (Å²) in [6.45, 7) is 6.28. The molecule has 156 valence electrons. The van der Waals surface area contributed by atoms with Crippen LogP contribution in [-0.2, 0) is 11.3 Å². The molecule has 0 saturated carbocycles. The van der Waals surface area contributed by atoms with Crippen LogP contribution in [0, 0.1) is 19.8 Å². The summed E-state index contributed by atoms with van der Waals surface area (Å²) < 4.78 is 6.43. The molecular weight excluding hydrogens is 444 g/mol. The van der Waals surface area contributed by atoms with Gasteiger partial charge < -0.3 is 9.84 Å². The molecule has 1 aliphatic heterocycles. The van der Waals surface area contributed by atoms with Crippen molar-refractivity contribution in [3.63, 3.8) is 0 Å². The molecular formula is C23H25BrN4O2. The molecule has 2 heterocycles. The average molecular weight is 469 g/mol. The molecule has 0 radical (unpaired) electrons. The van der Waals surface area contributed by atoms with Crippen molar-refractivity contribution in [1.82, 2.24) is 15.0 Å². The summed E-state index contributed by atoms with van der Waals surface area (Å²) in [5.74, 6) is 1.17. The Morgan fingerprint density at radius 2 is 2.10 bits per heavy atom. The van der Waals surface area contributed by atoms with Crippen LogP contribution >= 0.6 is 15.9 Å². The lowest BCUT2D eigenvalue weighted by Crippen LogP contribution is -2.40. The lowest BCUT2D eigenvalue weighted by molar-refractivity contribution is -0.121. The molecule has 1 aromatic heterocycles. The van der Waals surface area contributed by atoms with Crippen LogP contribution in [0.1, 0.15) is 29.9 Å². The van der Waals surface area contributed by atoms with Gasteiger partial charge in [-0.25, -0.2) is 0 Å². The minimum atomic E-state index is -0.0483. The predicted molar refractivity (Wildman–Crippen MR) is 120 cm³/mol. The summed E-state index contributed by atoms with van der Waals surface area (Å²) in [6, 6.07) is 13.8. The van der Waals surface area contributed by atoms with Gasteiger partial charge in [0.05, 0.1) is 12.5 Å². The van der Waals surface area contributed by atoms with E-state index >= 15 is 0 Å². The van der Waals surface area contributed by atoms with Crippen LogP contribution in [0.25, 0.3) is 11.4 Å². The van der Waals surface area contributed by atoms with E-state index in [1.807, 2.05) is 42.5 Å². The molecule has 30 heavy (non-hydrogen) atoms. The molecule has 1 saturated heterocycles. The highest BCUT2D eigenvalue weighted by molar-refractivity contribution is 9.10. The number of carbonyl (C=O) groups is 1. The quantitative estimate of drug-likeness (QED) is 0.572. The number of benzene rings is 2. The number of aromatic nitrogens is 2. The van der Waals surface area contributed by atoms with Crippen molar-refractivity contribution in [2.24, 2.45) is 5.92 Å². The number of halogens is 1. The first-order valence-electron chi connectivity index (χ1n) is 10.2. The molecule has 1 atom stereocenters. The number of piperidine rings is 1. The number of anilines is 1. The van der Waals surface area contributed by atoms with Gasteiger partial charge in [-0.05, 0) is 68.6 Å². The number of hydrogen-bond acceptors (Lipinski definition) is 5. The topological polar surface area (TPSA) is 71.3 Å². The van der Waals surface area contributed by atoms with E-state index < -0.39 is 0 Å². The van der Waals surface area contributed by atoms with Crippen molar-refractivity contribution in [1.29, 1.82) is 0 Å². The first-order chi connectivity index (χ1) is 14.5. The Kier molecular flexibility index (Phi) is 6.29. The summed E-state index contributed by atoms with van der Waals surface area (Å²) in [5.41, 5.74) is 4.16. The van der Waals surface area contributed by atoms with E-state index in [0.29, 0.717) is 24.8 Å². The normalized spacial score (nSPS) is 17.1. The molecule has 1 fully saturated rings. The van der Waals surface area contributed by atoms with Crippen molar-refractivity contribution >= 4 is 27.5 Å². The molecule has 6 nitrogen and oxygen atoms in total. The van der Waals surface area contributed by atoms with Gasteiger partial charge in [-0.1, -0.05) is 39.3 Å². The fourth-order valence-corrected chi connectivity index (χ4v) is 4.13. The van der Waals surface area contributed by atoms with Crippen LogP contribution in [0.4, 0.5) is 5.69 Å². The van der Waals surface area contributed by atoms with Crippen LogP contribution < -0.4 is 5.32 Å². The summed E-state index contributed by atoms with van der Waals surface area (Å²) in [4.78, 5) is 19.5. The van der Waals surface area contributed by atoms with Gasteiger partial charge in [-0.3, -0.25) is 9.69 Å². The van der Waals surface area contributed by atoms with Crippen molar-refractivity contribution in [2.75, 3.05) is 18.4 Å². The molecule has 1 aliphatic rings. The Morgan fingerprint density at radius 1 is 1.23 bits per heavy atom. The SMILES string of the molecule is Cc1ccc(NC(=O)C2CCCN(Cc3nc(-c4cccc(Br)c4)no3)C2)cc1C. The van der Waals surface area contributed by atoms with E-state index in [1.165, 1.54) is 11.1 Å². The molecule has 0 spiro atoms. The fraction of sp³-hybridized carbons (Fsp3) is 0.348. The minimum Gasteiger partial charge on any atom is -0.338 e. The molecule has 7 heteroatoms. The van der Waals surface area contributed by atoms with Crippen LogP contribution in [0.3, 0.4) is 0 Å². The standard InChI is InChI=1S/C23H25BrN4O2/c1-15-8-9-20(11-16(15)2)25-23(29)18-6-4-10-28(13-18)14-21-26-22(27-30-21)17-5-3-7-19(24)12-17/h3,5,7-9,11-12,18H,4,6,10,13-14H2,1-2H3,(H,25,29). The lowest BCUT2D eigenvalue weighted by Gasteiger charge is -2.30. The summed E-state index contributed by atoms with van der Waals surface area (Å²) in [7, 11) is 0. The third-order valence-electron chi connectivity index (χ3n) is 5.56. The molecule has 2 aromatic carbocycles. The number of rotatable bonds is 5. The highest BCUT2D eigenvalue weighted by Gasteiger charge is 2.27. The van der Waals surface area contributed by atoms with Crippen molar-refractivity contribution in [2.45, 2.75) is 33.2 Å². The molecule has 3 aromatic rings. The average Bonchev–Trinajstić information content (AvgIpc) is 3.19. The number of hydrogen-bond donors (Lipinski definition) is 1. The van der Waals surface area contributed by atoms with E-state index in [2.05, 4.69) is 50.1 Å². The van der Waals surface area contributed by atoms with Gasteiger partial charge in [0, 0.05) is 22.3 Å². The summed E-state index contributed by atoms with van der Waals surface area (Å²) >= 11 is 3.46. The molecule has 1 unspecified atom stereocenters. The number of aryl methyl sites for hydroxylation is 2. The first-order valence-corrected chi connectivity index (χ1v) is 11.0. The van der Waals surface area contributed by atoms with Crippen molar-refractivity contribution in [3.8, 4) is 11.4 Å². The van der Waals surface area contributed by atoms with Crippen LogP contribution in [0.5, 0.6) is 0 Å². The van der Waals surface area contributed by atoms with E-state index in [4.69, 9.17) is 4.52 Å². The zero-order valence-corrected chi connectivity index (χ0v) is 18.8. The predicted octanol–water partition coefficient (Wildman–Crippen LogP) is 4.97. The third kappa shape index (κ3) is 4.96. The van der Waals surface area contributed by atoms with Crippen LogP contribution in [0.2, 0.25) is 0 Å². The van der Waals surface area contributed by atoms with Crippen LogP contribution in [-0.4, -0.2) is 34.0 Å². The summed E-state index contributed by atoms with van der Waals surface area (Å²) in [6.07, 6.45) is 1.86. The van der Waals surface area contributed by atoms with E-state index in [1.54, 1.807) is 0 Å². The van der Waals surface area contributed by atoms with Crippen molar-refractivity contribution < 1.29 is 9.32 Å².